The lowest BCUT2D eigenvalue weighted by molar-refractivity contribution is 0.0926. The average molecular weight is 426 g/mol. The summed E-state index contributed by atoms with van der Waals surface area (Å²) < 4.78 is 9.11. The molecule has 0 aliphatic heterocycles. The smallest absolute Gasteiger partial charge is 0.274 e. The van der Waals surface area contributed by atoms with E-state index in [0.717, 1.165) is 23.6 Å². The summed E-state index contributed by atoms with van der Waals surface area (Å²) in [5, 5.41) is 14.8. The van der Waals surface area contributed by atoms with Crippen LogP contribution in [0.4, 0.5) is 0 Å². The normalized spacial score (nSPS) is 13.5. The highest BCUT2D eigenvalue weighted by atomic mass is 16.5. The molecule has 6 nitrogen and oxygen atoms in total. The zero-order valence-electron chi connectivity index (χ0n) is 19.8. The molecule has 0 fully saturated rings. The van der Waals surface area contributed by atoms with Crippen LogP contribution < -0.4 is 10.3 Å². The van der Waals surface area contributed by atoms with E-state index in [1.807, 2.05) is 36.6 Å². The van der Waals surface area contributed by atoms with Crippen molar-refractivity contribution in [3.05, 3.63) is 63.7 Å². The highest BCUT2D eigenvalue weighted by molar-refractivity contribution is 5.41. The number of fused-ring (bicyclic) bond motifs is 1. The summed E-state index contributed by atoms with van der Waals surface area (Å²) in [6.07, 6.45) is 0.359. The van der Waals surface area contributed by atoms with E-state index in [2.05, 4.69) is 51.9 Å². The first kappa shape index (κ1) is 23.1. The molecule has 0 aliphatic carbocycles. The standard InChI is InChI=1S/C25H35N3O3/c1-17-12-22-27(18(2)13-23(30)28(22)26-17)14-20(29)15-31-21-10-8-19(9-11-21)25(6,7)16-24(3,4)5/h8-13,20,29H,14-16H2,1-7H3. The Morgan fingerprint density at radius 1 is 1.06 bits per heavy atom. The fourth-order valence-corrected chi connectivity index (χ4v) is 4.46. The number of aryl methyl sites for hydroxylation is 2. The average Bonchev–Trinajstić information content (AvgIpc) is 3.04. The third kappa shape index (κ3) is 5.56. The van der Waals surface area contributed by atoms with E-state index >= 15 is 0 Å². The molecular formula is C25H35N3O3. The Hall–Kier alpha value is -2.60. The van der Waals surface area contributed by atoms with Gasteiger partial charge in [0.1, 0.15) is 24.1 Å². The number of rotatable bonds is 7. The first-order chi connectivity index (χ1) is 14.4. The molecule has 0 radical (unpaired) electrons. The number of hydrogen-bond donors (Lipinski definition) is 1. The highest BCUT2D eigenvalue weighted by Crippen LogP contribution is 2.36. The summed E-state index contributed by atoms with van der Waals surface area (Å²) in [5.41, 5.74) is 3.65. The molecule has 2 aromatic heterocycles. The van der Waals surface area contributed by atoms with Crippen molar-refractivity contribution >= 4 is 5.65 Å². The second-order valence-corrected chi connectivity index (χ2v) is 10.4. The lowest BCUT2D eigenvalue weighted by atomic mass is 9.72. The van der Waals surface area contributed by atoms with Crippen molar-refractivity contribution in [2.75, 3.05) is 6.61 Å². The van der Waals surface area contributed by atoms with E-state index in [9.17, 15) is 9.90 Å². The van der Waals surface area contributed by atoms with Gasteiger partial charge >= 0.3 is 0 Å². The van der Waals surface area contributed by atoms with Gasteiger partial charge in [-0.15, -0.1) is 0 Å². The maximum Gasteiger partial charge on any atom is 0.274 e. The van der Waals surface area contributed by atoms with E-state index in [-0.39, 0.29) is 23.0 Å². The van der Waals surface area contributed by atoms with Crippen LogP contribution in [0.3, 0.4) is 0 Å². The van der Waals surface area contributed by atoms with E-state index in [1.165, 1.54) is 16.1 Å². The Morgan fingerprint density at radius 2 is 1.71 bits per heavy atom. The SMILES string of the molecule is Cc1cc2n(CC(O)COc3ccc(C(C)(C)CC(C)(C)C)cc3)c(C)cc(=O)n2n1. The van der Waals surface area contributed by atoms with Crippen molar-refractivity contribution in [2.24, 2.45) is 5.41 Å². The predicted octanol–water partition coefficient (Wildman–Crippen LogP) is 4.27. The Labute approximate surface area is 184 Å². The molecule has 0 saturated carbocycles. The fourth-order valence-electron chi connectivity index (χ4n) is 4.46. The molecule has 31 heavy (non-hydrogen) atoms. The van der Waals surface area contributed by atoms with Crippen LogP contribution in [0.15, 0.2) is 41.2 Å². The number of ether oxygens (including phenoxy) is 1. The Morgan fingerprint density at radius 3 is 2.32 bits per heavy atom. The van der Waals surface area contributed by atoms with Crippen molar-refractivity contribution in [2.45, 2.75) is 73.0 Å². The minimum absolute atomic E-state index is 0.0763. The second-order valence-electron chi connectivity index (χ2n) is 10.4. The van der Waals surface area contributed by atoms with Crippen LogP contribution in [0.25, 0.3) is 5.65 Å². The molecule has 0 amide bonds. The third-order valence-electron chi connectivity index (χ3n) is 5.50. The summed E-state index contributed by atoms with van der Waals surface area (Å²) in [6, 6.07) is 11.5. The number of aromatic nitrogens is 3. The molecule has 168 valence electrons. The molecule has 2 heterocycles. The minimum atomic E-state index is -0.725. The summed E-state index contributed by atoms with van der Waals surface area (Å²) in [5.74, 6) is 0.733. The first-order valence-electron chi connectivity index (χ1n) is 10.8. The lowest BCUT2D eigenvalue weighted by Crippen LogP contribution is -2.28. The summed E-state index contributed by atoms with van der Waals surface area (Å²) in [4.78, 5) is 12.1. The molecule has 3 aromatic rings. The molecule has 0 spiro atoms. The van der Waals surface area contributed by atoms with Crippen molar-refractivity contribution in [1.29, 1.82) is 0 Å². The van der Waals surface area contributed by atoms with E-state index in [4.69, 9.17) is 4.74 Å². The monoisotopic (exact) mass is 425 g/mol. The fraction of sp³-hybridized carbons (Fsp3) is 0.520. The van der Waals surface area contributed by atoms with Crippen LogP contribution >= 0.6 is 0 Å². The number of aliphatic hydroxyl groups excluding tert-OH is 1. The Bertz CT molecular complexity index is 1100. The van der Waals surface area contributed by atoms with Gasteiger partial charge in [-0.3, -0.25) is 4.79 Å². The van der Waals surface area contributed by atoms with E-state index in [0.29, 0.717) is 12.2 Å². The van der Waals surface area contributed by atoms with E-state index in [1.54, 1.807) is 0 Å². The maximum atomic E-state index is 12.1. The second kappa shape index (κ2) is 8.50. The van der Waals surface area contributed by atoms with Gasteiger partial charge < -0.3 is 14.4 Å². The maximum absolute atomic E-state index is 12.1. The largest absolute Gasteiger partial charge is 0.491 e. The summed E-state index contributed by atoms with van der Waals surface area (Å²) >= 11 is 0. The molecule has 0 bridgehead atoms. The molecule has 1 atom stereocenters. The zero-order valence-corrected chi connectivity index (χ0v) is 19.8. The zero-order chi connectivity index (χ0) is 23.0. The molecule has 0 aliphatic rings. The van der Waals surface area contributed by atoms with E-state index < -0.39 is 6.10 Å². The van der Waals surface area contributed by atoms with Gasteiger partial charge in [0, 0.05) is 17.8 Å². The number of nitrogens with zero attached hydrogens (tertiary/aromatic N) is 3. The predicted molar refractivity (Wildman–Crippen MR) is 124 cm³/mol. The Balaban J connectivity index is 1.66. The van der Waals surface area contributed by atoms with Crippen LogP contribution in [0.5, 0.6) is 5.75 Å². The first-order valence-corrected chi connectivity index (χ1v) is 10.8. The van der Waals surface area contributed by atoms with Gasteiger partial charge in [0.15, 0.2) is 0 Å². The van der Waals surface area contributed by atoms with Crippen molar-refractivity contribution < 1.29 is 9.84 Å². The highest BCUT2D eigenvalue weighted by Gasteiger charge is 2.27. The lowest BCUT2D eigenvalue weighted by Gasteiger charge is -2.33. The van der Waals surface area contributed by atoms with Crippen molar-refractivity contribution in [3.8, 4) is 5.75 Å². The molecule has 1 unspecified atom stereocenters. The Kier molecular flexibility index (Phi) is 6.33. The molecule has 1 N–H and O–H groups in total. The van der Waals surface area contributed by atoms with Gasteiger partial charge in [-0.25, -0.2) is 0 Å². The van der Waals surface area contributed by atoms with Crippen LogP contribution in [-0.2, 0) is 12.0 Å². The van der Waals surface area contributed by atoms with Crippen molar-refractivity contribution in [1.82, 2.24) is 14.2 Å². The molecule has 3 rings (SSSR count). The van der Waals surface area contributed by atoms with Gasteiger partial charge in [0.05, 0.1) is 12.2 Å². The third-order valence-corrected chi connectivity index (χ3v) is 5.50. The van der Waals surface area contributed by atoms with Crippen LogP contribution in [0.2, 0.25) is 0 Å². The van der Waals surface area contributed by atoms with Gasteiger partial charge in [0.2, 0.25) is 0 Å². The van der Waals surface area contributed by atoms with Crippen LogP contribution in [0.1, 0.15) is 58.0 Å². The van der Waals surface area contributed by atoms with Crippen LogP contribution in [0, 0.1) is 19.3 Å². The summed E-state index contributed by atoms with van der Waals surface area (Å²) in [6.45, 7) is 15.5. The molecule has 0 saturated heterocycles. The number of aliphatic hydroxyl groups is 1. The summed E-state index contributed by atoms with van der Waals surface area (Å²) in [7, 11) is 0. The van der Waals surface area contributed by atoms with Gasteiger partial charge in [0.25, 0.3) is 5.56 Å². The quantitative estimate of drug-likeness (QED) is 0.614. The number of hydrogen-bond acceptors (Lipinski definition) is 4. The topological polar surface area (TPSA) is 68.8 Å². The molecular weight excluding hydrogens is 390 g/mol. The van der Waals surface area contributed by atoms with Crippen LogP contribution in [-0.4, -0.2) is 32.0 Å². The molecule has 6 heteroatoms. The molecule has 1 aromatic carbocycles. The van der Waals surface area contributed by atoms with Crippen molar-refractivity contribution in [3.63, 3.8) is 0 Å². The van der Waals surface area contributed by atoms with Gasteiger partial charge in [-0.1, -0.05) is 46.8 Å². The minimum Gasteiger partial charge on any atom is -0.491 e. The van der Waals surface area contributed by atoms with Gasteiger partial charge in [-0.05, 0) is 48.8 Å². The number of benzene rings is 1. The van der Waals surface area contributed by atoms with Gasteiger partial charge in [-0.2, -0.15) is 9.61 Å².